The quantitative estimate of drug-likeness (QED) is 0.576. The summed E-state index contributed by atoms with van der Waals surface area (Å²) in [6, 6.07) is 0.676. The molecule has 2 N–H and O–H groups in total. The summed E-state index contributed by atoms with van der Waals surface area (Å²) in [6.07, 6.45) is 2.40. The molecule has 56 valence electrons. The molecule has 0 bridgehead atoms. The fraction of sp³-hybridized carbons (Fsp3) is 1.00. The minimum Gasteiger partial charge on any atom is -0.318 e. The van der Waals surface area contributed by atoms with E-state index in [2.05, 4.69) is 25.8 Å². The first kappa shape index (κ1) is 8.92. The Hall–Kier alpha value is -0.0800. The van der Waals surface area contributed by atoms with Crippen molar-refractivity contribution in [2.45, 2.75) is 32.7 Å². The first-order valence-electron chi connectivity index (χ1n) is 3.66. The van der Waals surface area contributed by atoms with E-state index in [0.717, 1.165) is 0 Å². The van der Waals surface area contributed by atoms with E-state index in [9.17, 15) is 0 Å². The van der Waals surface area contributed by atoms with Gasteiger partial charge in [0, 0.05) is 12.7 Å². The lowest BCUT2D eigenvalue weighted by atomic mass is 10.1. The second kappa shape index (κ2) is 4.77. The third kappa shape index (κ3) is 2.82. The van der Waals surface area contributed by atoms with Crippen molar-refractivity contribution in [3.05, 3.63) is 0 Å². The monoisotopic (exact) mass is 130 g/mol. The second-order valence-electron chi connectivity index (χ2n) is 2.41. The summed E-state index contributed by atoms with van der Waals surface area (Å²) in [5.41, 5.74) is 5.45. The number of nitrogens with two attached hydrogens (primary N) is 1. The maximum atomic E-state index is 5.45. The smallest absolute Gasteiger partial charge is 0.0455 e. The second-order valence-corrected chi connectivity index (χ2v) is 2.41. The van der Waals surface area contributed by atoms with Gasteiger partial charge in [-0.25, -0.2) is 0 Å². The van der Waals surface area contributed by atoms with E-state index in [1.807, 2.05) is 0 Å². The van der Waals surface area contributed by atoms with Gasteiger partial charge in [0.05, 0.1) is 0 Å². The van der Waals surface area contributed by atoms with Gasteiger partial charge in [-0.3, -0.25) is 4.90 Å². The van der Waals surface area contributed by atoms with Crippen LogP contribution in [-0.4, -0.2) is 24.7 Å². The first-order chi connectivity index (χ1) is 4.26. The van der Waals surface area contributed by atoms with E-state index in [4.69, 9.17) is 5.73 Å². The van der Waals surface area contributed by atoms with Crippen LogP contribution in [0.4, 0.5) is 0 Å². The van der Waals surface area contributed by atoms with E-state index in [1.165, 1.54) is 12.8 Å². The van der Waals surface area contributed by atoms with Crippen molar-refractivity contribution in [3.8, 4) is 0 Å². The molecule has 0 aliphatic carbocycles. The lowest BCUT2D eigenvalue weighted by molar-refractivity contribution is 0.236. The number of rotatable bonds is 4. The molecular weight excluding hydrogens is 112 g/mol. The van der Waals surface area contributed by atoms with Gasteiger partial charge in [0.2, 0.25) is 0 Å². The van der Waals surface area contributed by atoms with Gasteiger partial charge in [0.1, 0.15) is 0 Å². The summed E-state index contributed by atoms with van der Waals surface area (Å²) in [4.78, 5) is 2.18. The van der Waals surface area contributed by atoms with Crippen molar-refractivity contribution in [2.75, 3.05) is 13.7 Å². The highest BCUT2D eigenvalue weighted by molar-refractivity contribution is 4.61. The number of nitrogens with zero attached hydrogens (tertiary/aromatic N) is 1. The fourth-order valence-corrected chi connectivity index (χ4v) is 1.06. The highest BCUT2D eigenvalue weighted by Crippen LogP contribution is 2.02. The van der Waals surface area contributed by atoms with Gasteiger partial charge in [0.15, 0.2) is 0 Å². The molecule has 0 aliphatic rings. The molecule has 0 aromatic rings. The van der Waals surface area contributed by atoms with Crippen LogP contribution in [0.5, 0.6) is 0 Å². The Morgan fingerprint density at radius 2 is 1.78 bits per heavy atom. The topological polar surface area (TPSA) is 29.3 Å². The molecule has 0 atom stereocenters. The zero-order valence-electron chi connectivity index (χ0n) is 6.72. The molecule has 0 spiro atoms. The molecule has 0 radical (unpaired) electrons. The fourth-order valence-electron chi connectivity index (χ4n) is 1.06. The van der Waals surface area contributed by atoms with E-state index in [1.54, 1.807) is 0 Å². The van der Waals surface area contributed by atoms with Gasteiger partial charge in [-0.2, -0.15) is 0 Å². The van der Waals surface area contributed by atoms with Crippen LogP contribution in [0.2, 0.25) is 0 Å². The van der Waals surface area contributed by atoms with Crippen LogP contribution in [0.15, 0.2) is 0 Å². The van der Waals surface area contributed by atoms with Gasteiger partial charge in [-0.15, -0.1) is 0 Å². The normalized spacial score (nSPS) is 11.3. The van der Waals surface area contributed by atoms with Crippen molar-refractivity contribution >= 4 is 0 Å². The molecule has 2 nitrogen and oxygen atoms in total. The molecule has 0 saturated carbocycles. The maximum Gasteiger partial charge on any atom is 0.0455 e. The molecular formula is C7H18N2. The van der Waals surface area contributed by atoms with Crippen molar-refractivity contribution in [2.24, 2.45) is 5.73 Å². The first-order valence-corrected chi connectivity index (χ1v) is 3.66. The average molecular weight is 130 g/mol. The SMILES string of the molecule is CCC(CC)N(C)CN. The summed E-state index contributed by atoms with van der Waals surface area (Å²) < 4.78 is 0. The summed E-state index contributed by atoms with van der Waals surface area (Å²) in [5.74, 6) is 0. The van der Waals surface area contributed by atoms with Gasteiger partial charge in [-0.05, 0) is 19.9 Å². The molecule has 9 heavy (non-hydrogen) atoms. The van der Waals surface area contributed by atoms with Crippen molar-refractivity contribution in [1.29, 1.82) is 0 Å². The predicted molar refractivity (Wildman–Crippen MR) is 41.2 cm³/mol. The highest BCUT2D eigenvalue weighted by atomic mass is 15.2. The minimum atomic E-state index is 0.673. The van der Waals surface area contributed by atoms with Crippen molar-refractivity contribution in [3.63, 3.8) is 0 Å². The van der Waals surface area contributed by atoms with Gasteiger partial charge < -0.3 is 5.73 Å². The molecule has 0 aliphatic heterocycles. The van der Waals surface area contributed by atoms with Crippen LogP contribution in [-0.2, 0) is 0 Å². The van der Waals surface area contributed by atoms with Crippen LogP contribution in [0.3, 0.4) is 0 Å². The average Bonchev–Trinajstić information content (AvgIpc) is 1.90. The molecule has 0 unspecified atom stereocenters. The van der Waals surface area contributed by atoms with Crippen LogP contribution in [0.1, 0.15) is 26.7 Å². The molecule has 2 heteroatoms. The standard InChI is InChI=1S/C7H18N2/c1-4-7(5-2)9(3)6-8/h7H,4-6,8H2,1-3H3. The molecule has 0 aromatic heterocycles. The van der Waals surface area contributed by atoms with Crippen molar-refractivity contribution < 1.29 is 0 Å². The van der Waals surface area contributed by atoms with Crippen LogP contribution < -0.4 is 5.73 Å². The molecule has 0 rings (SSSR count). The van der Waals surface area contributed by atoms with E-state index in [-0.39, 0.29) is 0 Å². The van der Waals surface area contributed by atoms with E-state index in [0.29, 0.717) is 12.7 Å². The molecule has 0 amide bonds. The largest absolute Gasteiger partial charge is 0.318 e. The Morgan fingerprint density at radius 1 is 1.33 bits per heavy atom. The van der Waals surface area contributed by atoms with Crippen LogP contribution in [0, 0.1) is 0 Å². The molecule has 0 saturated heterocycles. The Labute approximate surface area is 58.0 Å². The Bertz CT molecular complexity index is 59.9. The summed E-state index contributed by atoms with van der Waals surface area (Å²) in [5, 5.41) is 0. The van der Waals surface area contributed by atoms with Gasteiger partial charge in [0.25, 0.3) is 0 Å². The van der Waals surface area contributed by atoms with Gasteiger partial charge in [-0.1, -0.05) is 13.8 Å². The third-order valence-electron chi connectivity index (χ3n) is 1.85. The molecule has 0 fully saturated rings. The molecule has 0 aromatic carbocycles. The van der Waals surface area contributed by atoms with Crippen molar-refractivity contribution in [1.82, 2.24) is 4.90 Å². The van der Waals surface area contributed by atoms with Crippen LogP contribution >= 0.6 is 0 Å². The predicted octanol–water partition coefficient (Wildman–Crippen LogP) is 1.02. The number of hydrogen-bond donors (Lipinski definition) is 1. The Morgan fingerprint density at radius 3 is 1.89 bits per heavy atom. The maximum absolute atomic E-state index is 5.45. The zero-order chi connectivity index (χ0) is 7.28. The summed E-state index contributed by atoms with van der Waals surface area (Å²) >= 11 is 0. The van der Waals surface area contributed by atoms with Crippen LogP contribution in [0.25, 0.3) is 0 Å². The zero-order valence-corrected chi connectivity index (χ0v) is 6.72. The third-order valence-corrected chi connectivity index (χ3v) is 1.85. The Balaban J connectivity index is 3.50. The lowest BCUT2D eigenvalue weighted by Gasteiger charge is -2.23. The lowest BCUT2D eigenvalue weighted by Crippen LogP contribution is -2.35. The van der Waals surface area contributed by atoms with E-state index < -0.39 is 0 Å². The summed E-state index contributed by atoms with van der Waals surface area (Å²) in [6.45, 7) is 5.06. The Kier molecular flexibility index (Phi) is 4.72. The highest BCUT2D eigenvalue weighted by Gasteiger charge is 2.06. The number of hydrogen-bond acceptors (Lipinski definition) is 2. The minimum absolute atomic E-state index is 0.673. The van der Waals surface area contributed by atoms with Gasteiger partial charge >= 0.3 is 0 Å². The van der Waals surface area contributed by atoms with E-state index >= 15 is 0 Å². The molecule has 0 heterocycles. The summed E-state index contributed by atoms with van der Waals surface area (Å²) in [7, 11) is 2.07.